The molecule has 0 bridgehead atoms. The highest BCUT2D eigenvalue weighted by molar-refractivity contribution is 6.34. The zero-order valence-corrected chi connectivity index (χ0v) is 13.0. The molecule has 1 heterocycles. The van der Waals surface area contributed by atoms with E-state index in [-0.39, 0.29) is 17.9 Å². The summed E-state index contributed by atoms with van der Waals surface area (Å²) < 4.78 is 0. The first-order chi connectivity index (χ1) is 10.0. The Kier molecular flexibility index (Phi) is 5.20. The summed E-state index contributed by atoms with van der Waals surface area (Å²) in [7, 11) is 1.54. The highest BCUT2D eigenvalue weighted by Gasteiger charge is 2.24. The molecule has 0 aromatic heterocycles. The normalized spacial score (nSPS) is 21.7. The van der Waals surface area contributed by atoms with Gasteiger partial charge in [-0.15, -0.1) is 0 Å². The van der Waals surface area contributed by atoms with Gasteiger partial charge in [-0.05, 0) is 43.5 Å². The fraction of sp³-hybridized carbons (Fsp3) is 0.467. The van der Waals surface area contributed by atoms with Gasteiger partial charge in [0.1, 0.15) is 0 Å². The quantitative estimate of drug-likeness (QED) is 0.800. The first kappa shape index (κ1) is 15.8. The van der Waals surface area contributed by atoms with Crippen LogP contribution < -0.4 is 16.0 Å². The summed E-state index contributed by atoms with van der Waals surface area (Å²) in [6, 6.07) is 4.70. The largest absolute Gasteiger partial charge is 0.355 e. The van der Waals surface area contributed by atoms with Crippen molar-refractivity contribution in [3.8, 4) is 0 Å². The van der Waals surface area contributed by atoms with Crippen molar-refractivity contribution in [1.29, 1.82) is 0 Å². The monoisotopic (exact) mass is 309 g/mol. The summed E-state index contributed by atoms with van der Waals surface area (Å²) >= 11 is 5.99. The van der Waals surface area contributed by atoms with Crippen molar-refractivity contribution in [3.63, 3.8) is 0 Å². The van der Waals surface area contributed by atoms with Crippen molar-refractivity contribution in [2.24, 2.45) is 5.92 Å². The van der Waals surface area contributed by atoms with Gasteiger partial charge < -0.3 is 16.0 Å². The first-order valence-corrected chi connectivity index (χ1v) is 7.45. The van der Waals surface area contributed by atoms with Crippen LogP contribution in [0.3, 0.4) is 0 Å². The second-order valence-electron chi connectivity index (χ2n) is 5.40. The average Bonchev–Trinajstić information content (AvgIpc) is 2.48. The van der Waals surface area contributed by atoms with Crippen LogP contribution in [0.2, 0.25) is 5.02 Å². The maximum Gasteiger partial charge on any atom is 0.252 e. The van der Waals surface area contributed by atoms with E-state index in [0.717, 1.165) is 19.4 Å². The topological polar surface area (TPSA) is 70.2 Å². The predicted octanol–water partition coefficient (Wildman–Crippen LogP) is 2.03. The number of anilines is 1. The van der Waals surface area contributed by atoms with Crippen LogP contribution in [0.15, 0.2) is 18.2 Å². The van der Waals surface area contributed by atoms with E-state index in [9.17, 15) is 9.59 Å². The van der Waals surface area contributed by atoms with Gasteiger partial charge in [0.25, 0.3) is 5.91 Å². The molecule has 0 aliphatic carbocycles. The van der Waals surface area contributed by atoms with Gasteiger partial charge in [-0.1, -0.05) is 18.5 Å². The minimum absolute atomic E-state index is 0.0771. The molecule has 1 saturated heterocycles. The van der Waals surface area contributed by atoms with Gasteiger partial charge in [-0.2, -0.15) is 0 Å². The standard InChI is InChI=1S/C15H20ClN3O2/c1-9-5-6-18-13(7-9)15(21)19-10-3-4-12(16)11(8-10)14(20)17-2/h3-4,8-9,13,18H,5-7H2,1-2H3,(H,17,20)(H,19,21). The van der Waals surface area contributed by atoms with Crippen molar-refractivity contribution in [1.82, 2.24) is 10.6 Å². The van der Waals surface area contributed by atoms with Crippen LogP contribution in [0.5, 0.6) is 0 Å². The number of hydrogen-bond acceptors (Lipinski definition) is 3. The lowest BCUT2D eigenvalue weighted by atomic mass is 9.94. The maximum absolute atomic E-state index is 12.2. The smallest absolute Gasteiger partial charge is 0.252 e. The third-order valence-electron chi connectivity index (χ3n) is 3.69. The fourth-order valence-corrected chi connectivity index (χ4v) is 2.65. The van der Waals surface area contributed by atoms with E-state index in [1.165, 1.54) is 7.05 Å². The van der Waals surface area contributed by atoms with E-state index in [4.69, 9.17) is 11.6 Å². The van der Waals surface area contributed by atoms with Gasteiger partial charge in [-0.3, -0.25) is 9.59 Å². The van der Waals surface area contributed by atoms with Gasteiger partial charge in [0.2, 0.25) is 5.91 Å². The van der Waals surface area contributed by atoms with Gasteiger partial charge in [0.05, 0.1) is 16.6 Å². The summed E-state index contributed by atoms with van der Waals surface area (Å²) in [6.45, 7) is 3.00. The molecule has 3 N–H and O–H groups in total. The van der Waals surface area contributed by atoms with Crippen LogP contribution in [-0.2, 0) is 4.79 Å². The van der Waals surface area contributed by atoms with Crippen molar-refractivity contribution in [3.05, 3.63) is 28.8 Å². The molecule has 2 unspecified atom stereocenters. The van der Waals surface area contributed by atoms with Crippen molar-refractivity contribution < 1.29 is 9.59 Å². The van der Waals surface area contributed by atoms with Crippen LogP contribution in [0.1, 0.15) is 30.1 Å². The summed E-state index contributed by atoms with van der Waals surface area (Å²) in [5, 5.41) is 8.93. The molecule has 1 aliphatic rings. The van der Waals surface area contributed by atoms with E-state index in [1.54, 1.807) is 18.2 Å². The Labute approximate surface area is 129 Å². The number of nitrogens with one attached hydrogen (secondary N) is 3. The molecule has 114 valence electrons. The van der Waals surface area contributed by atoms with Gasteiger partial charge in [-0.25, -0.2) is 0 Å². The summed E-state index contributed by atoms with van der Waals surface area (Å²) in [4.78, 5) is 23.9. The zero-order chi connectivity index (χ0) is 15.4. The van der Waals surface area contributed by atoms with Gasteiger partial charge >= 0.3 is 0 Å². The second kappa shape index (κ2) is 6.91. The molecule has 2 rings (SSSR count). The first-order valence-electron chi connectivity index (χ1n) is 7.07. The molecule has 0 spiro atoms. The van der Waals surface area contributed by atoms with E-state index in [0.29, 0.717) is 22.2 Å². The van der Waals surface area contributed by atoms with E-state index in [2.05, 4.69) is 22.9 Å². The highest BCUT2D eigenvalue weighted by atomic mass is 35.5. The summed E-state index contributed by atoms with van der Waals surface area (Å²) in [6.07, 6.45) is 1.91. The third-order valence-corrected chi connectivity index (χ3v) is 4.02. The van der Waals surface area contributed by atoms with Crippen LogP contribution in [-0.4, -0.2) is 31.4 Å². The Bertz CT molecular complexity index is 548. The SMILES string of the molecule is CNC(=O)c1cc(NC(=O)C2CC(C)CCN2)ccc1Cl. The number of carbonyl (C=O) groups is 2. The van der Waals surface area contributed by atoms with Crippen LogP contribution in [0.4, 0.5) is 5.69 Å². The van der Waals surface area contributed by atoms with E-state index < -0.39 is 0 Å². The van der Waals surface area contributed by atoms with E-state index >= 15 is 0 Å². The van der Waals surface area contributed by atoms with Gasteiger partial charge in [0.15, 0.2) is 0 Å². The molecule has 2 atom stereocenters. The van der Waals surface area contributed by atoms with Crippen molar-refractivity contribution in [2.75, 3.05) is 18.9 Å². The predicted molar refractivity (Wildman–Crippen MR) is 83.7 cm³/mol. The Morgan fingerprint density at radius 2 is 2.14 bits per heavy atom. The molecular weight excluding hydrogens is 290 g/mol. The summed E-state index contributed by atoms with van der Waals surface area (Å²) in [5.74, 6) is 0.181. The Balaban J connectivity index is 2.08. The number of hydrogen-bond donors (Lipinski definition) is 3. The molecule has 5 nitrogen and oxygen atoms in total. The number of rotatable bonds is 3. The molecule has 21 heavy (non-hydrogen) atoms. The van der Waals surface area contributed by atoms with Crippen LogP contribution in [0.25, 0.3) is 0 Å². The lowest BCUT2D eigenvalue weighted by Gasteiger charge is -2.27. The lowest BCUT2D eigenvalue weighted by molar-refractivity contribution is -0.119. The minimum Gasteiger partial charge on any atom is -0.355 e. The second-order valence-corrected chi connectivity index (χ2v) is 5.81. The third kappa shape index (κ3) is 3.95. The van der Waals surface area contributed by atoms with E-state index in [1.807, 2.05) is 0 Å². The van der Waals surface area contributed by atoms with Crippen molar-refractivity contribution >= 4 is 29.1 Å². The lowest BCUT2D eigenvalue weighted by Crippen LogP contribution is -2.45. The molecule has 1 aromatic rings. The average molecular weight is 310 g/mol. The highest BCUT2D eigenvalue weighted by Crippen LogP contribution is 2.22. The number of benzene rings is 1. The number of piperidine rings is 1. The Morgan fingerprint density at radius 3 is 2.81 bits per heavy atom. The molecule has 1 aliphatic heterocycles. The van der Waals surface area contributed by atoms with Crippen LogP contribution in [0, 0.1) is 5.92 Å². The molecule has 2 amide bonds. The zero-order valence-electron chi connectivity index (χ0n) is 12.2. The van der Waals surface area contributed by atoms with Crippen molar-refractivity contribution in [2.45, 2.75) is 25.8 Å². The molecule has 1 aromatic carbocycles. The fourth-order valence-electron chi connectivity index (χ4n) is 2.45. The Morgan fingerprint density at radius 1 is 1.38 bits per heavy atom. The molecule has 6 heteroatoms. The number of halogens is 1. The molecule has 1 fully saturated rings. The Hall–Kier alpha value is -1.59. The molecule has 0 radical (unpaired) electrons. The van der Waals surface area contributed by atoms with Crippen LogP contribution >= 0.6 is 11.6 Å². The molecule has 0 saturated carbocycles. The van der Waals surface area contributed by atoms with Gasteiger partial charge in [0, 0.05) is 12.7 Å². The number of amides is 2. The summed E-state index contributed by atoms with van der Waals surface area (Å²) in [5.41, 5.74) is 0.921. The number of carbonyl (C=O) groups excluding carboxylic acids is 2. The molecular formula is C15H20ClN3O2. The maximum atomic E-state index is 12.2. The minimum atomic E-state index is -0.277.